The van der Waals surface area contributed by atoms with Crippen molar-refractivity contribution in [2.24, 2.45) is 0 Å². The molecule has 1 aliphatic rings. The van der Waals surface area contributed by atoms with E-state index in [4.69, 9.17) is 12.2 Å². The van der Waals surface area contributed by atoms with Crippen molar-refractivity contribution in [2.75, 3.05) is 6.54 Å². The third kappa shape index (κ3) is 3.57. The first kappa shape index (κ1) is 17.7. The number of nitrogens with zero attached hydrogens (tertiary/aromatic N) is 4. The van der Waals surface area contributed by atoms with E-state index >= 15 is 0 Å². The minimum atomic E-state index is 0.0302. The van der Waals surface area contributed by atoms with Gasteiger partial charge >= 0.3 is 0 Å². The van der Waals surface area contributed by atoms with Crippen LogP contribution in [0.25, 0.3) is 0 Å². The SMILES string of the molecule is CCCN1C(=S)N[C@@H](c2ccccn2)[C@@H]1c1cccn1Cc1ccccn1. The zero-order valence-electron chi connectivity index (χ0n) is 15.3. The molecule has 0 radical (unpaired) electrons. The Morgan fingerprint density at radius 1 is 1.04 bits per heavy atom. The summed E-state index contributed by atoms with van der Waals surface area (Å²) in [5.74, 6) is 0. The Kier molecular flexibility index (Phi) is 5.16. The van der Waals surface area contributed by atoms with Crippen LogP contribution in [0.3, 0.4) is 0 Å². The van der Waals surface area contributed by atoms with Crippen LogP contribution in [0.1, 0.15) is 42.5 Å². The standard InChI is InChI=1S/C21H23N5S/c1-2-13-26-20(19(24-21(26)27)17-9-4-6-12-23-17)18-10-7-14-25(18)15-16-8-3-5-11-22-16/h3-12,14,19-20H,2,13,15H2,1H3,(H,24,27)/t19-,20-/m0/s1. The van der Waals surface area contributed by atoms with E-state index in [1.54, 1.807) is 0 Å². The van der Waals surface area contributed by atoms with Gasteiger partial charge in [-0.25, -0.2) is 0 Å². The summed E-state index contributed by atoms with van der Waals surface area (Å²) >= 11 is 5.67. The zero-order chi connectivity index (χ0) is 18.6. The Balaban J connectivity index is 1.72. The molecular formula is C21H23N5S. The highest BCUT2D eigenvalue weighted by Gasteiger charge is 2.40. The predicted molar refractivity (Wildman–Crippen MR) is 110 cm³/mol. The molecule has 0 amide bonds. The molecule has 5 nitrogen and oxygen atoms in total. The predicted octanol–water partition coefficient (Wildman–Crippen LogP) is 3.71. The van der Waals surface area contributed by atoms with Crippen molar-refractivity contribution in [2.45, 2.75) is 32.0 Å². The van der Waals surface area contributed by atoms with Crippen LogP contribution < -0.4 is 5.32 Å². The molecule has 0 aromatic carbocycles. The number of nitrogens with one attached hydrogen (secondary N) is 1. The minimum Gasteiger partial charge on any atom is -0.352 e. The molecular weight excluding hydrogens is 354 g/mol. The molecule has 138 valence electrons. The van der Waals surface area contributed by atoms with Gasteiger partial charge in [-0.05, 0) is 55.0 Å². The summed E-state index contributed by atoms with van der Waals surface area (Å²) in [6, 6.07) is 16.5. The van der Waals surface area contributed by atoms with Crippen molar-refractivity contribution < 1.29 is 0 Å². The average Bonchev–Trinajstić information content (AvgIpc) is 3.28. The summed E-state index contributed by atoms with van der Waals surface area (Å²) in [5, 5.41) is 4.29. The molecule has 0 bridgehead atoms. The Hall–Kier alpha value is -2.73. The first-order valence-corrected chi connectivity index (χ1v) is 9.71. The highest BCUT2D eigenvalue weighted by molar-refractivity contribution is 7.80. The molecule has 0 spiro atoms. The fourth-order valence-corrected chi connectivity index (χ4v) is 4.05. The fraction of sp³-hybridized carbons (Fsp3) is 0.286. The minimum absolute atomic E-state index is 0.0302. The first-order chi connectivity index (χ1) is 13.3. The molecule has 0 aliphatic carbocycles. The van der Waals surface area contributed by atoms with Gasteiger partial charge in [0.05, 0.1) is 30.0 Å². The van der Waals surface area contributed by atoms with Crippen LogP contribution in [0.5, 0.6) is 0 Å². The van der Waals surface area contributed by atoms with E-state index in [0.717, 1.165) is 36.0 Å². The Morgan fingerprint density at radius 2 is 1.85 bits per heavy atom. The van der Waals surface area contributed by atoms with Gasteiger partial charge < -0.3 is 14.8 Å². The average molecular weight is 378 g/mol. The second kappa shape index (κ2) is 7.88. The van der Waals surface area contributed by atoms with Crippen LogP contribution >= 0.6 is 12.2 Å². The topological polar surface area (TPSA) is 46.0 Å². The largest absolute Gasteiger partial charge is 0.352 e. The van der Waals surface area contributed by atoms with Crippen LogP contribution in [0, 0.1) is 0 Å². The number of rotatable bonds is 6. The summed E-state index contributed by atoms with van der Waals surface area (Å²) < 4.78 is 2.27. The highest BCUT2D eigenvalue weighted by atomic mass is 32.1. The lowest BCUT2D eigenvalue weighted by molar-refractivity contribution is 0.304. The Labute approximate surface area is 165 Å². The maximum absolute atomic E-state index is 5.67. The number of hydrogen-bond donors (Lipinski definition) is 1. The fourth-order valence-electron chi connectivity index (χ4n) is 3.71. The van der Waals surface area contributed by atoms with Crippen LogP contribution in [0.15, 0.2) is 67.1 Å². The lowest BCUT2D eigenvalue weighted by atomic mass is 10.0. The van der Waals surface area contributed by atoms with Gasteiger partial charge in [-0.1, -0.05) is 19.1 Å². The molecule has 4 heterocycles. The summed E-state index contributed by atoms with van der Waals surface area (Å²) in [7, 11) is 0. The van der Waals surface area contributed by atoms with Crippen molar-refractivity contribution in [3.05, 3.63) is 84.2 Å². The van der Waals surface area contributed by atoms with Crippen LogP contribution in [0.2, 0.25) is 0 Å². The van der Waals surface area contributed by atoms with Crippen LogP contribution in [-0.4, -0.2) is 31.1 Å². The van der Waals surface area contributed by atoms with Crippen molar-refractivity contribution in [1.29, 1.82) is 0 Å². The van der Waals surface area contributed by atoms with Gasteiger partial charge in [0.1, 0.15) is 0 Å². The van der Waals surface area contributed by atoms with Gasteiger partial charge in [0.25, 0.3) is 0 Å². The van der Waals surface area contributed by atoms with Gasteiger partial charge in [-0.2, -0.15) is 0 Å². The normalized spacial score (nSPS) is 19.3. The van der Waals surface area contributed by atoms with E-state index in [1.165, 1.54) is 5.69 Å². The molecule has 6 heteroatoms. The summed E-state index contributed by atoms with van der Waals surface area (Å²) in [4.78, 5) is 11.4. The summed E-state index contributed by atoms with van der Waals surface area (Å²) in [5.41, 5.74) is 3.27. The van der Waals surface area contributed by atoms with E-state index in [0.29, 0.717) is 0 Å². The molecule has 1 N–H and O–H groups in total. The second-order valence-corrected chi connectivity index (χ2v) is 7.09. The molecule has 27 heavy (non-hydrogen) atoms. The zero-order valence-corrected chi connectivity index (χ0v) is 16.1. The van der Waals surface area contributed by atoms with Crippen molar-refractivity contribution in [3.63, 3.8) is 0 Å². The third-order valence-electron chi connectivity index (χ3n) is 4.89. The van der Waals surface area contributed by atoms with Gasteiger partial charge in [0.2, 0.25) is 0 Å². The van der Waals surface area contributed by atoms with Gasteiger partial charge in [0, 0.05) is 30.8 Å². The van der Waals surface area contributed by atoms with E-state index in [9.17, 15) is 0 Å². The van der Waals surface area contributed by atoms with Crippen molar-refractivity contribution >= 4 is 17.3 Å². The molecule has 4 rings (SSSR count). The highest BCUT2D eigenvalue weighted by Crippen LogP contribution is 2.38. The molecule has 1 saturated heterocycles. The lowest BCUT2D eigenvalue weighted by Crippen LogP contribution is -2.31. The van der Waals surface area contributed by atoms with E-state index < -0.39 is 0 Å². The number of thiocarbonyl (C=S) groups is 1. The molecule has 3 aromatic rings. The number of pyridine rings is 2. The van der Waals surface area contributed by atoms with Gasteiger partial charge in [-0.15, -0.1) is 0 Å². The molecule has 1 fully saturated rings. The molecule has 2 atom stereocenters. The monoisotopic (exact) mass is 377 g/mol. The maximum atomic E-state index is 5.67. The number of hydrogen-bond acceptors (Lipinski definition) is 3. The Bertz CT molecular complexity index is 893. The molecule has 0 saturated carbocycles. The molecule has 0 unspecified atom stereocenters. The molecule has 1 aliphatic heterocycles. The maximum Gasteiger partial charge on any atom is 0.170 e. The van der Waals surface area contributed by atoms with Crippen LogP contribution in [0.4, 0.5) is 0 Å². The third-order valence-corrected chi connectivity index (χ3v) is 5.24. The first-order valence-electron chi connectivity index (χ1n) is 9.31. The number of aromatic nitrogens is 3. The van der Waals surface area contributed by atoms with Gasteiger partial charge in [-0.3, -0.25) is 9.97 Å². The van der Waals surface area contributed by atoms with Gasteiger partial charge in [0.15, 0.2) is 5.11 Å². The van der Waals surface area contributed by atoms with Crippen molar-refractivity contribution in [1.82, 2.24) is 24.8 Å². The Morgan fingerprint density at radius 3 is 2.56 bits per heavy atom. The molecule has 3 aromatic heterocycles. The summed E-state index contributed by atoms with van der Waals surface area (Å²) in [6.45, 7) is 3.83. The lowest BCUT2D eigenvalue weighted by Gasteiger charge is -2.28. The second-order valence-electron chi connectivity index (χ2n) is 6.70. The quantitative estimate of drug-likeness (QED) is 0.664. The van der Waals surface area contributed by atoms with E-state index in [-0.39, 0.29) is 12.1 Å². The van der Waals surface area contributed by atoms with E-state index in [2.05, 4.69) is 62.1 Å². The van der Waals surface area contributed by atoms with Crippen LogP contribution in [-0.2, 0) is 6.54 Å². The summed E-state index contributed by atoms with van der Waals surface area (Å²) in [6.07, 6.45) is 6.83. The van der Waals surface area contributed by atoms with E-state index in [1.807, 2.05) is 36.7 Å². The smallest absolute Gasteiger partial charge is 0.170 e. The van der Waals surface area contributed by atoms with Crippen molar-refractivity contribution in [3.8, 4) is 0 Å².